The normalized spacial score (nSPS) is 26.2. The van der Waals surface area contributed by atoms with Crippen LogP contribution in [0.3, 0.4) is 0 Å². The molecule has 0 aliphatic carbocycles. The van der Waals surface area contributed by atoms with Crippen LogP contribution in [0.1, 0.15) is 0 Å². The van der Waals surface area contributed by atoms with Crippen LogP contribution in [0.4, 0.5) is 4.79 Å². The van der Waals surface area contributed by atoms with Crippen LogP contribution in [0, 0.1) is 5.92 Å². The van der Waals surface area contributed by atoms with E-state index in [-0.39, 0.29) is 6.09 Å². The number of hydrogen-bond acceptors (Lipinski definition) is 5. The molecule has 1 amide bonds. The highest BCUT2D eigenvalue weighted by Crippen LogP contribution is 2.10. The summed E-state index contributed by atoms with van der Waals surface area (Å²) in [5, 5.41) is 3.13. The van der Waals surface area contributed by atoms with E-state index in [1.807, 2.05) is 11.9 Å². The van der Waals surface area contributed by atoms with Crippen molar-refractivity contribution in [2.75, 3.05) is 66.1 Å². The number of nitrogens with one attached hydrogen (secondary N) is 1. The minimum Gasteiger partial charge on any atom is -0.449 e. The molecule has 1 atom stereocenters. The molecule has 2 rings (SSSR count). The van der Waals surface area contributed by atoms with Gasteiger partial charge in [-0.05, 0) is 7.05 Å². The van der Waals surface area contributed by atoms with Gasteiger partial charge in [0.2, 0.25) is 0 Å². The highest BCUT2D eigenvalue weighted by Gasteiger charge is 2.26. The second-order valence-corrected chi connectivity index (χ2v) is 4.90. The summed E-state index contributed by atoms with van der Waals surface area (Å²) >= 11 is 0. The predicted molar refractivity (Wildman–Crippen MR) is 67.6 cm³/mol. The van der Waals surface area contributed by atoms with Crippen molar-refractivity contribution in [2.45, 2.75) is 0 Å². The maximum atomic E-state index is 11.7. The number of carbonyl (C=O) groups excluding carboxylic acids is 1. The van der Waals surface area contributed by atoms with Crippen LogP contribution in [0.5, 0.6) is 0 Å². The molecule has 2 aliphatic rings. The minimum atomic E-state index is -0.171. The summed E-state index contributed by atoms with van der Waals surface area (Å²) in [5.74, 6) is 0.400. The number of ether oxygens (including phenoxy) is 2. The van der Waals surface area contributed by atoms with Gasteiger partial charge in [-0.15, -0.1) is 0 Å². The lowest BCUT2D eigenvalue weighted by Crippen LogP contribution is -2.49. The first-order chi connectivity index (χ1) is 8.79. The molecule has 18 heavy (non-hydrogen) atoms. The quantitative estimate of drug-likeness (QED) is 0.727. The number of hydrogen-bond donors (Lipinski definition) is 1. The van der Waals surface area contributed by atoms with Gasteiger partial charge in [-0.3, -0.25) is 4.90 Å². The molecule has 1 N–H and O–H groups in total. The lowest BCUT2D eigenvalue weighted by molar-refractivity contribution is 0.0191. The van der Waals surface area contributed by atoms with Crippen LogP contribution >= 0.6 is 0 Å². The molecule has 104 valence electrons. The van der Waals surface area contributed by atoms with Gasteiger partial charge in [0, 0.05) is 45.2 Å². The van der Waals surface area contributed by atoms with Gasteiger partial charge in [-0.1, -0.05) is 0 Å². The average Bonchev–Trinajstić information content (AvgIpc) is 2.41. The van der Waals surface area contributed by atoms with Gasteiger partial charge in [-0.2, -0.15) is 0 Å². The Morgan fingerprint density at radius 1 is 1.33 bits per heavy atom. The van der Waals surface area contributed by atoms with Crippen molar-refractivity contribution in [1.82, 2.24) is 15.1 Å². The third-order valence-corrected chi connectivity index (χ3v) is 3.46. The molecule has 2 aliphatic heterocycles. The number of cyclic esters (lactones) is 1. The van der Waals surface area contributed by atoms with Gasteiger partial charge in [0.25, 0.3) is 0 Å². The van der Waals surface area contributed by atoms with E-state index in [4.69, 9.17) is 9.47 Å². The Bertz CT molecular complexity index is 269. The molecule has 0 saturated carbocycles. The molecule has 2 saturated heterocycles. The van der Waals surface area contributed by atoms with Crippen LogP contribution in [0.25, 0.3) is 0 Å². The zero-order valence-electron chi connectivity index (χ0n) is 11.1. The summed E-state index contributed by atoms with van der Waals surface area (Å²) in [6.07, 6.45) is -0.171. The second-order valence-electron chi connectivity index (χ2n) is 4.90. The predicted octanol–water partition coefficient (Wildman–Crippen LogP) is -0.394. The monoisotopic (exact) mass is 257 g/mol. The van der Waals surface area contributed by atoms with Gasteiger partial charge in [0.1, 0.15) is 0 Å². The summed E-state index contributed by atoms with van der Waals surface area (Å²) < 4.78 is 10.5. The molecular formula is C12H23N3O3. The molecule has 2 fully saturated rings. The SMILES string of the molecule is CNCC1COC(=O)N(CCN2CCOCC2)C1. The first-order valence-electron chi connectivity index (χ1n) is 6.66. The smallest absolute Gasteiger partial charge is 0.409 e. The molecule has 0 aromatic carbocycles. The first-order valence-corrected chi connectivity index (χ1v) is 6.66. The summed E-state index contributed by atoms with van der Waals surface area (Å²) in [7, 11) is 1.93. The Morgan fingerprint density at radius 2 is 2.11 bits per heavy atom. The zero-order valence-corrected chi connectivity index (χ0v) is 11.1. The molecule has 2 heterocycles. The van der Waals surface area contributed by atoms with E-state index in [9.17, 15) is 4.79 Å². The van der Waals surface area contributed by atoms with E-state index < -0.39 is 0 Å². The lowest BCUT2D eigenvalue weighted by atomic mass is 10.1. The molecule has 0 bridgehead atoms. The molecule has 1 unspecified atom stereocenters. The Balaban J connectivity index is 1.73. The number of morpholine rings is 1. The van der Waals surface area contributed by atoms with Gasteiger partial charge in [-0.25, -0.2) is 4.79 Å². The molecular weight excluding hydrogens is 234 g/mol. The van der Waals surface area contributed by atoms with E-state index >= 15 is 0 Å². The maximum absolute atomic E-state index is 11.7. The lowest BCUT2D eigenvalue weighted by Gasteiger charge is -2.34. The number of nitrogens with zero attached hydrogens (tertiary/aromatic N) is 2. The van der Waals surface area contributed by atoms with Crippen LogP contribution in [0.2, 0.25) is 0 Å². The fourth-order valence-electron chi connectivity index (χ4n) is 2.40. The van der Waals surface area contributed by atoms with Crippen molar-refractivity contribution in [2.24, 2.45) is 5.92 Å². The maximum Gasteiger partial charge on any atom is 0.409 e. The second kappa shape index (κ2) is 6.92. The number of rotatable bonds is 5. The third kappa shape index (κ3) is 3.83. The first kappa shape index (κ1) is 13.6. The van der Waals surface area contributed by atoms with E-state index in [1.165, 1.54) is 0 Å². The van der Waals surface area contributed by atoms with Crippen molar-refractivity contribution in [1.29, 1.82) is 0 Å². The Morgan fingerprint density at radius 3 is 2.83 bits per heavy atom. The van der Waals surface area contributed by atoms with Gasteiger partial charge in [0.15, 0.2) is 0 Å². The van der Waals surface area contributed by atoms with Crippen LogP contribution < -0.4 is 5.32 Å². The summed E-state index contributed by atoms with van der Waals surface area (Å²) in [6, 6.07) is 0. The minimum absolute atomic E-state index is 0.171. The standard InChI is InChI=1S/C12H23N3O3/c1-13-8-11-9-15(12(16)18-10-11)3-2-14-4-6-17-7-5-14/h11,13H,2-10H2,1H3. The van der Waals surface area contributed by atoms with E-state index in [0.29, 0.717) is 12.5 Å². The molecule has 0 spiro atoms. The van der Waals surface area contributed by atoms with Crippen LogP contribution in [0.15, 0.2) is 0 Å². The zero-order chi connectivity index (χ0) is 12.8. The number of carbonyl (C=O) groups is 1. The van der Waals surface area contributed by atoms with Crippen LogP contribution in [-0.4, -0.2) is 82.0 Å². The van der Waals surface area contributed by atoms with E-state index in [1.54, 1.807) is 0 Å². The van der Waals surface area contributed by atoms with Gasteiger partial charge in [0.05, 0.1) is 19.8 Å². The topological polar surface area (TPSA) is 54.0 Å². The molecule has 0 aromatic rings. The van der Waals surface area contributed by atoms with Crippen molar-refractivity contribution < 1.29 is 14.3 Å². The molecule has 0 aromatic heterocycles. The Kier molecular flexibility index (Phi) is 5.22. The Labute approximate surface area is 108 Å². The highest BCUT2D eigenvalue weighted by molar-refractivity contribution is 5.68. The highest BCUT2D eigenvalue weighted by atomic mass is 16.6. The van der Waals surface area contributed by atoms with E-state index in [0.717, 1.165) is 52.5 Å². The summed E-state index contributed by atoms with van der Waals surface area (Å²) in [4.78, 5) is 15.8. The van der Waals surface area contributed by atoms with Gasteiger partial charge < -0.3 is 19.7 Å². The molecule has 6 nitrogen and oxygen atoms in total. The fourth-order valence-corrected chi connectivity index (χ4v) is 2.40. The fraction of sp³-hybridized carbons (Fsp3) is 0.917. The number of amides is 1. The largest absolute Gasteiger partial charge is 0.449 e. The van der Waals surface area contributed by atoms with Crippen molar-refractivity contribution in [3.63, 3.8) is 0 Å². The third-order valence-electron chi connectivity index (χ3n) is 3.46. The Hall–Kier alpha value is -0.850. The van der Waals surface area contributed by atoms with Crippen LogP contribution in [-0.2, 0) is 9.47 Å². The van der Waals surface area contributed by atoms with Crippen molar-refractivity contribution in [3.05, 3.63) is 0 Å². The van der Waals surface area contributed by atoms with Crippen molar-refractivity contribution >= 4 is 6.09 Å². The molecule has 6 heteroatoms. The summed E-state index contributed by atoms with van der Waals surface area (Å²) in [6.45, 7) is 7.40. The van der Waals surface area contributed by atoms with Crippen molar-refractivity contribution in [3.8, 4) is 0 Å². The van der Waals surface area contributed by atoms with Gasteiger partial charge >= 0.3 is 6.09 Å². The average molecular weight is 257 g/mol. The molecule has 0 radical (unpaired) electrons. The van der Waals surface area contributed by atoms with E-state index in [2.05, 4.69) is 10.2 Å². The summed E-state index contributed by atoms with van der Waals surface area (Å²) in [5.41, 5.74) is 0.